The first kappa shape index (κ1) is 17.0. The van der Waals surface area contributed by atoms with E-state index in [-0.39, 0.29) is 5.56 Å². The highest BCUT2D eigenvalue weighted by molar-refractivity contribution is 6.31. The molecule has 0 aliphatic heterocycles. The maximum atomic E-state index is 11.9. The smallest absolute Gasteiger partial charge is 0.248 e. The van der Waals surface area contributed by atoms with E-state index < -0.39 is 0 Å². The Morgan fingerprint density at radius 2 is 2.00 bits per heavy atom. The standard InChI is InChI=1S/C19H14ClN5O2/c1-27-18-10-22-19(26)9-14(18)13-8-12(20)5-6-17(13)25-11-16(23-24-25)15-4-2-3-7-21-15/h2-11H,1H3,(H,22,26). The number of aromatic amines is 1. The second-order valence-corrected chi connectivity index (χ2v) is 6.14. The van der Waals surface area contributed by atoms with Crippen molar-refractivity contribution in [2.75, 3.05) is 7.11 Å². The van der Waals surface area contributed by atoms with Crippen LogP contribution in [0.4, 0.5) is 0 Å². The number of benzene rings is 1. The average Bonchev–Trinajstić information content (AvgIpc) is 3.18. The van der Waals surface area contributed by atoms with Crippen molar-refractivity contribution in [3.63, 3.8) is 0 Å². The zero-order chi connectivity index (χ0) is 18.8. The van der Waals surface area contributed by atoms with Crippen LogP contribution in [0.1, 0.15) is 0 Å². The van der Waals surface area contributed by atoms with Crippen LogP contribution in [0.3, 0.4) is 0 Å². The molecule has 0 bridgehead atoms. The predicted octanol–water partition coefficient (Wildman–Crippen LogP) is 3.35. The Hall–Kier alpha value is -3.45. The molecule has 0 aliphatic carbocycles. The molecule has 3 aromatic heterocycles. The monoisotopic (exact) mass is 379 g/mol. The van der Waals surface area contributed by atoms with Crippen molar-refractivity contribution in [3.8, 4) is 34.0 Å². The lowest BCUT2D eigenvalue weighted by Gasteiger charge is -2.12. The average molecular weight is 380 g/mol. The topological polar surface area (TPSA) is 85.7 Å². The van der Waals surface area contributed by atoms with Gasteiger partial charge < -0.3 is 9.72 Å². The fraction of sp³-hybridized carbons (Fsp3) is 0.0526. The first-order chi connectivity index (χ1) is 13.2. The molecule has 1 N–H and O–H groups in total. The van der Waals surface area contributed by atoms with Crippen molar-refractivity contribution in [1.82, 2.24) is 25.0 Å². The van der Waals surface area contributed by atoms with E-state index in [4.69, 9.17) is 16.3 Å². The molecule has 0 spiro atoms. The molecule has 0 aliphatic rings. The minimum absolute atomic E-state index is 0.246. The highest BCUT2D eigenvalue weighted by Gasteiger charge is 2.15. The van der Waals surface area contributed by atoms with E-state index in [0.717, 1.165) is 0 Å². The lowest BCUT2D eigenvalue weighted by Crippen LogP contribution is -2.06. The van der Waals surface area contributed by atoms with Gasteiger partial charge in [0.1, 0.15) is 11.4 Å². The molecule has 0 saturated heterocycles. The number of rotatable bonds is 4. The Labute approximate surface area is 159 Å². The molecule has 0 fully saturated rings. The second-order valence-electron chi connectivity index (χ2n) is 5.70. The van der Waals surface area contributed by atoms with Crippen molar-refractivity contribution in [1.29, 1.82) is 0 Å². The summed E-state index contributed by atoms with van der Waals surface area (Å²) < 4.78 is 7.01. The molecule has 7 nitrogen and oxygen atoms in total. The van der Waals surface area contributed by atoms with Gasteiger partial charge in [-0.2, -0.15) is 0 Å². The number of aromatic nitrogens is 5. The summed E-state index contributed by atoms with van der Waals surface area (Å²) in [5.41, 5.74) is 3.11. The van der Waals surface area contributed by atoms with E-state index in [9.17, 15) is 4.79 Å². The van der Waals surface area contributed by atoms with Gasteiger partial charge in [0.25, 0.3) is 0 Å². The number of halogens is 1. The number of nitrogens with one attached hydrogen (secondary N) is 1. The molecule has 0 radical (unpaired) electrons. The van der Waals surface area contributed by atoms with Gasteiger partial charge in [0.15, 0.2) is 0 Å². The van der Waals surface area contributed by atoms with Crippen molar-refractivity contribution in [2.24, 2.45) is 0 Å². The minimum atomic E-state index is -0.246. The Morgan fingerprint density at radius 3 is 2.78 bits per heavy atom. The lowest BCUT2D eigenvalue weighted by molar-refractivity contribution is 0.414. The molecule has 3 heterocycles. The van der Waals surface area contributed by atoms with Gasteiger partial charge in [-0.15, -0.1) is 5.10 Å². The van der Waals surface area contributed by atoms with Gasteiger partial charge in [-0.25, -0.2) is 4.68 Å². The number of hydrogen-bond acceptors (Lipinski definition) is 5. The highest BCUT2D eigenvalue weighted by Crippen LogP contribution is 2.34. The molecule has 0 unspecified atom stereocenters. The third-order valence-electron chi connectivity index (χ3n) is 4.02. The van der Waals surface area contributed by atoms with Crippen molar-refractivity contribution >= 4 is 11.6 Å². The third kappa shape index (κ3) is 3.32. The van der Waals surface area contributed by atoms with Gasteiger partial charge >= 0.3 is 0 Å². The minimum Gasteiger partial charge on any atom is -0.495 e. The van der Waals surface area contributed by atoms with E-state index in [1.165, 1.54) is 19.4 Å². The molecular weight excluding hydrogens is 366 g/mol. The molecule has 0 atom stereocenters. The van der Waals surface area contributed by atoms with Crippen LogP contribution >= 0.6 is 11.6 Å². The first-order valence-corrected chi connectivity index (χ1v) is 8.44. The van der Waals surface area contributed by atoms with E-state index in [1.807, 2.05) is 24.3 Å². The number of H-pyrrole nitrogens is 1. The van der Waals surface area contributed by atoms with E-state index >= 15 is 0 Å². The van der Waals surface area contributed by atoms with E-state index in [1.54, 1.807) is 29.2 Å². The molecule has 1 aromatic carbocycles. The van der Waals surface area contributed by atoms with Crippen LogP contribution in [-0.4, -0.2) is 32.1 Å². The molecule has 0 amide bonds. The second kappa shape index (κ2) is 7.05. The number of pyridine rings is 2. The van der Waals surface area contributed by atoms with Crippen LogP contribution in [0.15, 0.2) is 65.8 Å². The Kier molecular flexibility index (Phi) is 4.43. The van der Waals surface area contributed by atoms with Crippen LogP contribution < -0.4 is 10.3 Å². The molecule has 4 rings (SSSR count). The zero-order valence-electron chi connectivity index (χ0n) is 14.3. The van der Waals surface area contributed by atoms with Crippen molar-refractivity contribution < 1.29 is 4.74 Å². The van der Waals surface area contributed by atoms with Crippen LogP contribution in [-0.2, 0) is 0 Å². The fourth-order valence-corrected chi connectivity index (χ4v) is 2.95. The first-order valence-electron chi connectivity index (χ1n) is 8.06. The summed E-state index contributed by atoms with van der Waals surface area (Å²) in [5.74, 6) is 0.517. The van der Waals surface area contributed by atoms with Crippen LogP contribution in [0.2, 0.25) is 5.02 Å². The van der Waals surface area contributed by atoms with Crippen LogP contribution in [0, 0.1) is 0 Å². The molecule has 4 aromatic rings. The van der Waals surface area contributed by atoms with Crippen molar-refractivity contribution in [2.45, 2.75) is 0 Å². The highest BCUT2D eigenvalue weighted by atomic mass is 35.5. The molecule has 134 valence electrons. The molecule has 0 saturated carbocycles. The van der Waals surface area contributed by atoms with Gasteiger partial charge in [-0.3, -0.25) is 9.78 Å². The summed E-state index contributed by atoms with van der Waals surface area (Å²) in [6.45, 7) is 0. The molecule has 27 heavy (non-hydrogen) atoms. The summed E-state index contributed by atoms with van der Waals surface area (Å²) in [7, 11) is 1.54. The van der Waals surface area contributed by atoms with E-state index in [0.29, 0.717) is 39.0 Å². The summed E-state index contributed by atoms with van der Waals surface area (Å²) >= 11 is 6.21. The van der Waals surface area contributed by atoms with Gasteiger partial charge in [0.05, 0.1) is 24.7 Å². The van der Waals surface area contributed by atoms with Gasteiger partial charge in [0.2, 0.25) is 5.56 Å². The van der Waals surface area contributed by atoms with Crippen molar-refractivity contribution in [3.05, 3.63) is 76.4 Å². The summed E-state index contributed by atoms with van der Waals surface area (Å²) in [6.07, 6.45) is 4.99. The predicted molar refractivity (Wildman–Crippen MR) is 102 cm³/mol. The zero-order valence-corrected chi connectivity index (χ0v) is 15.0. The van der Waals surface area contributed by atoms with Gasteiger partial charge in [0, 0.05) is 34.6 Å². The quantitative estimate of drug-likeness (QED) is 0.587. The summed E-state index contributed by atoms with van der Waals surface area (Å²) in [4.78, 5) is 18.8. The Balaban J connectivity index is 1.88. The number of ether oxygens (including phenoxy) is 1. The molecule has 8 heteroatoms. The van der Waals surface area contributed by atoms with Crippen LogP contribution in [0.5, 0.6) is 5.75 Å². The number of methoxy groups -OCH3 is 1. The van der Waals surface area contributed by atoms with Gasteiger partial charge in [-0.1, -0.05) is 22.9 Å². The Morgan fingerprint density at radius 1 is 1.11 bits per heavy atom. The maximum absolute atomic E-state index is 11.9. The number of nitrogens with zero attached hydrogens (tertiary/aromatic N) is 4. The fourth-order valence-electron chi connectivity index (χ4n) is 2.77. The normalized spacial score (nSPS) is 10.7. The van der Waals surface area contributed by atoms with E-state index in [2.05, 4.69) is 20.3 Å². The number of hydrogen-bond donors (Lipinski definition) is 1. The van der Waals surface area contributed by atoms with Crippen LogP contribution in [0.25, 0.3) is 28.2 Å². The third-order valence-corrected chi connectivity index (χ3v) is 4.26. The largest absolute Gasteiger partial charge is 0.495 e. The SMILES string of the molecule is COc1c[nH]c(=O)cc1-c1cc(Cl)ccc1-n1cc(-c2ccccn2)nn1. The summed E-state index contributed by atoms with van der Waals surface area (Å²) in [5, 5.41) is 8.94. The Bertz CT molecular complexity index is 1150. The molecular formula is C19H14ClN5O2. The lowest BCUT2D eigenvalue weighted by atomic mass is 10.0. The maximum Gasteiger partial charge on any atom is 0.248 e. The summed E-state index contributed by atoms with van der Waals surface area (Å²) in [6, 6.07) is 12.4. The van der Waals surface area contributed by atoms with Gasteiger partial charge in [-0.05, 0) is 30.3 Å².